The molecule has 10 nitrogen and oxygen atoms in total. The largest absolute Gasteiger partial charge is 0.493 e. The van der Waals surface area contributed by atoms with Crippen molar-refractivity contribution in [3.63, 3.8) is 0 Å². The van der Waals surface area contributed by atoms with Gasteiger partial charge in [-0.25, -0.2) is 4.39 Å². The predicted octanol–water partition coefficient (Wildman–Crippen LogP) is 3.25. The quantitative estimate of drug-likeness (QED) is 0.463. The number of hydrogen-bond acceptors (Lipinski definition) is 6. The third-order valence-electron chi connectivity index (χ3n) is 8.44. The molecule has 234 valence electrons. The number of carbonyl (C=O) groups excluding carboxylic acids is 3. The third-order valence-corrected chi connectivity index (χ3v) is 8.44. The molecule has 1 N–H and O–H groups in total. The lowest BCUT2D eigenvalue weighted by molar-refractivity contribution is -0.131. The Morgan fingerprint density at radius 3 is 2.59 bits per heavy atom. The molecule has 11 heteroatoms. The minimum Gasteiger partial charge on any atom is -0.493 e. The van der Waals surface area contributed by atoms with E-state index >= 15 is 0 Å². The van der Waals surface area contributed by atoms with Gasteiger partial charge in [-0.2, -0.15) is 5.10 Å². The highest BCUT2D eigenvalue weighted by atomic mass is 19.1. The first-order valence-electron chi connectivity index (χ1n) is 15.1. The van der Waals surface area contributed by atoms with Crippen molar-refractivity contribution in [1.29, 1.82) is 0 Å². The van der Waals surface area contributed by atoms with E-state index in [4.69, 9.17) is 9.47 Å². The number of rotatable bonds is 6. The zero-order valence-corrected chi connectivity index (χ0v) is 25.6. The Morgan fingerprint density at radius 2 is 1.84 bits per heavy atom. The van der Waals surface area contributed by atoms with Gasteiger partial charge in [-0.15, -0.1) is 0 Å². The zero-order valence-electron chi connectivity index (χ0n) is 25.6. The van der Waals surface area contributed by atoms with Crippen molar-refractivity contribution in [2.75, 3.05) is 46.4 Å². The summed E-state index contributed by atoms with van der Waals surface area (Å²) in [5.41, 5.74) is 3.12. The average Bonchev–Trinajstić information content (AvgIpc) is 3.60. The molecule has 0 aliphatic carbocycles. The average molecular weight is 606 g/mol. The van der Waals surface area contributed by atoms with Crippen molar-refractivity contribution in [3.05, 3.63) is 76.9 Å². The Morgan fingerprint density at radius 1 is 1.05 bits per heavy atom. The fraction of sp³-hybridized carbons (Fsp3) is 0.455. The lowest BCUT2D eigenvalue weighted by atomic mass is 9.88. The minimum absolute atomic E-state index is 0.0234. The number of hydrogen-bond donors (Lipinski definition) is 1. The monoisotopic (exact) mass is 605 g/mol. The van der Waals surface area contributed by atoms with Crippen LogP contribution in [0.15, 0.2) is 48.5 Å². The molecule has 2 aliphatic heterocycles. The molecular formula is C33H40FN5O5. The molecule has 2 bridgehead atoms. The molecule has 44 heavy (non-hydrogen) atoms. The van der Waals surface area contributed by atoms with Gasteiger partial charge < -0.3 is 24.6 Å². The number of aryl methyl sites for hydroxylation is 3. The summed E-state index contributed by atoms with van der Waals surface area (Å²) in [7, 11) is 1.56. The second kappa shape index (κ2) is 13.9. The van der Waals surface area contributed by atoms with Crippen molar-refractivity contribution in [2.24, 2.45) is 5.92 Å². The van der Waals surface area contributed by atoms with Gasteiger partial charge in [0.25, 0.3) is 0 Å². The van der Waals surface area contributed by atoms with Crippen molar-refractivity contribution < 1.29 is 28.2 Å². The maximum absolute atomic E-state index is 14.2. The number of halogens is 1. The number of likely N-dealkylation sites (tertiary alicyclic amines) is 1. The Bertz CT molecular complexity index is 1510. The van der Waals surface area contributed by atoms with Crippen LogP contribution in [-0.2, 0) is 27.3 Å². The van der Waals surface area contributed by atoms with Gasteiger partial charge in [0.2, 0.25) is 17.7 Å². The summed E-state index contributed by atoms with van der Waals surface area (Å²) in [6, 6.07) is 13.8. The highest BCUT2D eigenvalue weighted by Gasteiger charge is 2.40. The number of fused-ring (bicyclic) bond motifs is 4. The Kier molecular flexibility index (Phi) is 9.82. The number of nitrogens with one attached hydrogen (secondary N) is 1. The van der Waals surface area contributed by atoms with Crippen LogP contribution in [0.3, 0.4) is 0 Å². The number of amides is 3. The molecule has 2 atom stereocenters. The number of methoxy groups -OCH3 is 1. The van der Waals surface area contributed by atoms with Crippen molar-refractivity contribution in [2.45, 2.75) is 45.6 Å². The van der Waals surface area contributed by atoms with Crippen LogP contribution in [0.5, 0.6) is 11.5 Å². The summed E-state index contributed by atoms with van der Waals surface area (Å²) in [6.07, 6.45) is 0.744. The summed E-state index contributed by atoms with van der Waals surface area (Å²) in [5, 5.41) is 7.50. The van der Waals surface area contributed by atoms with Gasteiger partial charge in [0, 0.05) is 50.8 Å². The highest BCUT2D eigenvalue weighted by Crippen LogP contribution is 2.38. The van der Waals surface area contributed by atoms with Crippen LogP contribution in [0.25, 0.3) is 0 Å². The summed E-state index contributed by atoms with van der Waals surface area (Å²) < 4.78 is 27.8. The number of carbonyl (C=O) groups is 3. The van der Waals surface area contributed by atoms with E-state index in [0.717, 1.165) is 17.0 Å². The van der Waals surface area contributed by atoms with E-state index in [0.29, 0.717) is 56.2 Å². The molecule has 1 aromatic heterocycles. The molecule has 0 radical (unpaired) electrons. The molecule has 0 spiro atoms. The van der Waals surface area contributed by atoms with Crippen molar-refractivity contribution in [1.82, 2.24) is 24.9 Å². The molecule has 0 saturated carbocycles. The fourth-order valence-electron chi connectivity index (χ4n) is 6.06. The van der Waals surface area contributed by atoms with Crippen LogP contribution in [0.1, 0.15) is 41.3 Å². The van der Waals surface area contributed by atoms with Gasteiger partial charge >= 0.3 is 0 Å². The molecular weight excluding hydrogens is 565 g/mol. The molecule has 1 saturated heterocycles. The van der Waals surface area contributed by atoms with Gasteiger partial charge in [-0.05, 0) is 55.7 Å². The SMILES string of the molecule is COc1ccc2cc1OCCN(C(=O)Cc1ccccc1F)CCCNC(=O)[C@H]1CN(C(=O)CCn3nc(C)cc3C)C[C@H]21. The molecule has 3 heterocycles. The van der Waals surface area contributed by atoms with E-state index in [1.54, 1.807) is 41.2 Å². The molecule has 1 fully saturated rings. The number of aromatic nitrogens is 2. The lowest BCUT2D eigenvalue weighted by Gasteiger charge is -2.25. The summed E-state index contributed by atoms with van der Waals surface area (Å²) in [5.74, 6) is -0.438. The molecule has 3 amide bonds. The number of benzene rings is 2. The molecule has 2 aromatic carbocycles. The van der Waals surface area contributed by atoms with E-state index in [2.05, 4.69) is 10.4 Å². The first-order chi connectivity index (χ1) is 21.2. The Labute approximate surface area is 257 Å². The standard InChI is InChI=1S/C33H40FN5O5/c1-22-17-23(2)39(36-22)14-11-31(40)38-20-26-24-9-10-29(43-3)30(18-24)44-16-15-37(13-6-12-35-33(42)27(26)21-38)32(41)19-25-7-4-5-8-28(25)34/h4-5,7-10,17-18,26-27H,6,11-16,19-21H2,1-3H3,(H,35,42)/t26-,27+/m1/s1. The smallest absolute Gasteiger partial charge is 0.227 e. The zero-order chi connectivity index (χ0) is 31.2. The van der Waals surface area contributed by atoms with E-state index < -0.39 is 11.7 Å². The topological polar surface area (TPSA) is 106 Å². The minimum atomic E-state index is -0.449. The second-order valence-corrected chi connectivity index (χ2v) is 11.5. The van der Waals surface area contributed by atoms with Crippen LogP contribution >= 0.6 is 0 Å². The van der Waals surface area contributed by atoms with Crippen molar-refractivity contribution in [3.8, 4) is 11.5 Å². The van der Waals surface area contributed by atoms with Crippen LogP contribution in [0.2, 0.25) is 0 Å². The number of ether oxygens (including phenoxy) is 2. The summed E-state index contributed by atoms with van der Waals surface area (Å²) in [6.45, 7) is 6.33. The second-order valence-electron chi connectivity index (χ2n) is 11.5. The molecule has 5 rings (SSSR count). The predicted molar refractivity (Wildman–Crippen MR) is 162 cm³/mol. The maximum Gasteiger partial charge on any atom is 0.227 e. The first-order valence-corrected chi connectivity index (χ1v) is 15.1. The van der Waals surface area contributed by atoms with Crippen LogP contribution in [0.4, 0.5) is 4.39 Å². The van der Waals surface area contributed by atoms with Gasteiger partial charge in [0.05, 0.1) is 31.7 Å². The fourth-order valence-corrected chi connectivity index (χ4v) is 6.06. The first kappa shape index (κ1) is 31.0. The van der Waals surface area contributed by atoms with E-state index in [1.807, 2.05) is 36.7 Å². The molecule has 0 unspecified atom stereocenters. The summed E-state index contributed by atoms with van der Waals surface area (Å²) in [4.78, 5) is 43.4. The van der Waals surface area contributed by atoms with Crippen LogP contribution in [0, 0.1) is 25.6 Å². The highest BCUT2D eigenvalue weighted by molar-refractivity contribution is 5.83. The van der Waals surface area contributed by atoms with E-state index in [-0.39, 0.29) is 49.6 Å². The Balaban J connectivity index is 1.32. The normalized spacial score (nSPS) is 19.0. The lowest BCUT2D eigenvalue weighted by Crippen LogP contribution is -2.40. The van der Waals surface area contributed by atoms with E-state index in [9.17, 15) is 18.8 Å². The van der Waals surface area contributed by atoms with Crippen LogP contribution in [-0.4, -0.2) is 83.7 Å². The number of nitrogens with zero attached hydrogens (tertiary/aromatic N) is 4. The summed E-state index contributed by atoms with van der Waals surface area (Å²) >= 11 is 0. The van der Waals surface area contributed by atoms with Crippen molar-refractivity contribution >= 4 is 17.7 Å². The third kappa shape index (κ3) is 7.20. The maximum atomic E-state index is 14.2. The van der Waals surface area contributed by atoms with Gasteiger partial charge in [0.15, 0.2) is 11.5 Å². The van der Waals surface area contributed by atoms with E-state index in [1.165, 1.54) is 6.07 Å². The van der Waals surface area contributed by atoms with Crippen LogP contribution < -0.4 is 14.8 Å². The van der Waals surface area contributed by atoms with Gasteiger partial charge in [-0.3, -0.25) is 19.1 Å². The molecule has 2 aliphatic rings. The molecule has 3 aromatic rings. The Hall–Kier alpha value is -4.41. The van der Waals surface area contributed by atoms with Gasteiger partial charge in [0.1, 0.15) is 12.4 Å². The van der Waals surface area contributed by atoms with Gasteiger partial charge in [-0.1, -0.05) is 24.3 Å².